The third-order valence-electron chi connectivity index (χ3n) is 3.73. The first-order valence-corrected chi connectivity index (χ1v) is 6.97. The third-order valence-corrected chi connectivity index (χ3v) is 3.73. The Kier molecular flexibility index (Phi) is 3.71. The molecule has 108 valence electrons. The molecule has 2 aromatic rings. The zero-order valence-corrected chi connectivity index (χ0v) is 11.5. The summed E-state index contributed by atoms with van der Waals surface area (Å²) in [6.07, 6.45) is 0.386. The average molecular weight is 285 g/mol. The Morgan fingerprint density at radius 1 is 1.19 bits per heavy atom. The fourth-order valence-electron chi connectivity index (χ4n) is 2.70. The number of amides is 1. The van der Waals surface area contributed by atoms with E-state index in [9.17, 15) is 14.3 Å². The highest BCUT2D eigenvalue weighted by Crippen LogP contribution is 2.33. The van der Waals surface area contributed by atoms with Crippen molar-refractivity contribution in [3.8, 4) is 0 Å². The summed E-state index contributed by atoms with van der Waals surface area (Å²) in [5.74, 6) is -0.478. The van der Waals surface area contributed by atoms with Gasteiger partial charge in [0.2, 0.25) is 5.91 Å². The number of anilines is 1. The van der Waals surface area contributed by atoms with Crippen molar-refractivity contribution in [1.82, 2.24) is 0 Å². The molecule has 1 aliphatic rings. The van der Waals surface area contributed by atoms with Crippen LogP contribution in [0.1, 0.15) is 29.2 Å². The van der Waals surface area contributed by atoms with Gasteiger partial charge in [-0.3, -0.25) is 4.79 Å². The molecule has 1 amide bonds. The van der Waals surface area contributed by atoms with Crippen LogP contribution >= 0.6 is 0 Å². The molecule has 1 aliphatic heterocycles. The van der Waals surface area contributed by atoms with Crippen LogP contribution in [0.15, 0.2) is 42.5 Å². The molecule has 4 heteroatoms. The normalized spacial score (nSPS) is 15.2. The van der Waals surface area contributed by atoms with E-state index in [-0.39, 0.29) is 11.7 Å². The van der Waals surface area contributed by atoms with E-state index >= 15 is 0 Å². The van der Waals surface area contributed by atoms with Crippen LogP contribution in [0.5, 0.6) is 0 Å². The lowest BCUT2D eigenvalue weighted by Gasteiger charge is -2.23. The van der Waals surface area contributed by atoms with Crippen molar-refractivity contribution in [2.45, 2.75) is 25.4 Å². The SMILES string of the molecule is O=C1CCc2cc(F)cc(C(O)Cc3ccccc3)c2N1. The van der Waals surface area contributed by atoms with Crippen molar-refractivity contribution in [2.75, 3.05) is 5.32 Å². The molecule has 2 N–H and O–H groups in total. The maximum atomic E-state index is 13.7. The number of carbonyl (C=O) groups excluding carboxylic acids is 1. The number of rotatable bonds is 3. The van der Waals surface area contributed by atoms with Gasteiger partial charge in [0.25, 0.3) is 0 Å². The molecule has 0 bridgehead atoms. The van der Waals surface area contributed by atoms with Crippen LogP contribution in [0.2, 0.25) is 0 Å². The highest BCUT2D eigenvalue weighted by Gasteiger charge is 2.23. The molecule has 2 aromatic carbocycles. The topological polar surface area (TPSA) is 49.3 Å². The molecule has 21 heavy (non-hydrogen) atoms. The maximum Gasteiger partial charge on any atom is 0.224 e. The van der Waals surface area contributed by atoms with Gasteiger partial charge in [0.05, 0.1) is 6.10 Å². The van der Waals surface area contributed by atoms with Gasteiger partial charge in [0, 0.05) is 24.1 Å². The molecule has 0 saturated heterocycles. The van der Waals surface area contributed by atoms with Crippen molar-refractivity contribution in [2.24, 2.45) is 0 Å². The number of benzene rings is 2. The summed E-state index contributed by atoms with van der Waals surface area (Å²) in [5, 5.41) is 13.2. The van der Waals surface area contributed by atoms with Gasteiger partial charge >= 0.3 is 0 Å². The number of hydrogen-bond donors (Lipinski definition) is 2. The number of hydrogen-bond acceptors (Lipinski definition) is 2. The molecule has 0 saturated carbocycles. The molecule has 0 aromatic heterocycles. The van der Waals surface area contributed by atoms with Crippen molar-refractivity contribution in [3.05, 3.63) is 65.0 Å². The smallest absolute Gasteiger partial charge is 0.224 e. The molecular formula is C17H16FNO2. The Morgan fingerprint density at radius 2 is 1.95 bits per heavy atom. The molecule has 3 rings (SSSR count). The van der Waals surface area contributed by atoms with Crippen LogP contribution in [0.3, 0.4) is 0 Å². The highest BCUT2D eigenvalue weighted by atomic mass is 19.1. The zero-order valence-electron chi connectivity index (χ0n) is 11.5. The van der Waals surface area contributed by atoms with Gasteiger partial charge in [0.15, 0.2) is 0 Å². The van der Waals surface area contributed by atoms with Crippen molar-refractivity contribution >= 4 is 11.6 Å². The van der Waals surface area contributed by atoms with Crippen LogP contribution < -0.4 is 5.32 Å². The highest BCUT2D eigenvalue weighted by molar-refractivity contribution is 5.94. The minimum atomic E-state index is -0.852. The number of nitrogens with one attached hydrogen (secondary N) is 1. The molecule has 1 heterocycles. The molecule has 3 nitrogen and oxygen atoms in total. The summed E-state index contributed by atoms with van der Waals surface area (Å²) in [6.45, 7) is 0. The summed E-state index contributed by atoms with van der Waals surface area (Å²) in [4.78, 5) is 11.6. The first-order valence-electron chi connectivity index (χ1n) is 6.97. The van der Waals surface area contributed by atoms with Crippen LogP contribution in [0, 0.1) is 5.82 Å². The van der Waals surface area contributed by atoms with Gasteiger partial charge in [-0.15, -0.1) is 0 Å². The van der Waals surface area contributed by atoms with Gasteiger partial charge in [-0.2, -0.15) is 0 Å². The lowest BCUT2D eigenvalue weighted by atomic mass is 9.93. The maximum absolute atomic E-state index is 13.7. The van der Waals surface area contributed by atoms with E-state index in [1.54, 1.807) is 0 Å². The minimum Gasteiger partial charge on any atom is -0.388 e. The van der Waals surface area contributed by atoms with Crippen LogP contribution in [0.25, 0.3) is 0 Å². The molecule has 0 aliphatic carbocycles. The number of halogens is 1. The summed E-state index contributed by atoms with van der Waals surface area (Å²) < 4.78 is 13.7. The number of fused-ring (bicyclic) bond motifs is 1. The van der Waals surface area contributed by atoms with E-state index in [4.69, 9.17) is 0 Å². The van der Waals surface area contributed by atoms with Gasteiger partial charge in [0.1, 0.15) is 5.82 Å². The average Bonchev–Trinajstić information content (AvgIpc) is 2.48. The molecule has 1 atom stereocenters. The monoisotopic (exact) mass is 285 g/mol. The molecule has 0 radical (unpaired) electrons. The second-order valence-electron chi connectivity index (χ2n) is 5.28. The molecule has 0 spiro atoms. The van der Waals surface area contributed by atoms with E-state index in [2.05, 4.69) is 5.32 Å². The predicted octanol–water partition coefficient (Wildman–Crippen LogP) is 2.99. The molecule has 0 fully saturated rings. The minimum absolute atomic E-state index is 0.0951. The lowest BCUT2D eigenvalue weighted by molar-refractivity contribution is -0.116. The van der Waals surface area contributed by atoms with Crippen LogP contribution in [0.4, 0.5) is 10.1 Å². The standard InChI is InChI=1S/C17H16FNO2/c18-13-9-12-6-7-16(21)19-17(12)14(10-13)15(20)8-11-4-2-1-3-5-11/h1-5,9-10,15,20H,6-8H2,(H,19,21). The fraction of sp³-hybridized carbons (Fsp3) is 0.235. The van der Waals surface area contributed by atoms with E-state index in [0.717, 1.165) is 11.1 Å². The van der Waals surface area contributed by atoms with E-state index < -0.39 is 6.10 Å². The Balaban J connectivity index is 1.94. The molecular weight excluding hydrogens is 269 g/mol. The first-order chi connectivity index (χ1) is 10.1. The summed E-state index contributed by atoms with van der Waals surface area (Å²) in [7, 11) is 0. The Hall–Kier alpha value is -2.20. The second kappa shape index (κ2) is 5.66. The number of aryl methyl sites for hydroxylation is 1. The van der Waals surface area contributed by atoms with E-state index in [1.165, 1.54) is 12.1 Å². The quantitative estimate of drug-likeness (QED) is 0.911. The fourth-order valence-corrected chi connectivity index (χ4v) is 2.70. The van der Waals surface area contributed by atoms with E-state index in [1.807, 2.05) is 30.3 Å². The Labute approximate surface area is 122 Å². The van der Waals surface area contributed by atoms with Crippen molar-refractivity contribution < 1.29 is 14.3 Å². The van der Waals surface area contributed by atoms with Crippen LogP contribution in [-0.4, -0.2) is 11.0 Å². The van der Waals surface area contributed by atoms with Gasteiger partial charge in [-0.1, -0.05) is 30.3 Å². The van der Waals surface area contributed by atoms with Crippen molar-refractivity contribution in [3.63, 3.8) is 0 Å². The van der Waals surface area contributed by atoms with Crippen molar-refractivity contribution in [1.29, 1.82) is 0 Å². The summed E-state index contributed by atoms with van der Waals surface area (Å²) >= 11 is 0. The second-order valence-corrected chi connectivity index (χ2v) is 5.28. The summed E-state index contributed by atoms with van der Waals surface area (Å²) in [6, 6.07) is 12.2. The van der Waals surface area contributed by atoms with E-state index in [0.29, 0.717) is 30.5 Å². The zero-order chi connectivity index (χ0) is 14.8. The predicted molar refractivity (Wildman–Crippen MR) is 78.5 cm³/mol. The number of aliphatic hydroxyl groups is 1. The third kappa shape index (κ3) is 2.95. The Morgan fingerprint density at radius 3 is 2.71 bits per heavy atom. The Bertz CT molecular complexity index is 670. The molecule has 1 unspecified atom stereocenters. The number of aliphatic hydroxyl groups excluding tert-OH is 1. The first kappa shape index (κ1) is 13.8. The van der Waals surface area contributed by atoms with Crippen LogP contribution in [-0.2, 0) is 17.6 Å². The van der Waals surface area contributed by atoms with Gasteiger partial charge in [-0.05, 0) is 29.7 Å². The summed E-state index contributed by atoms with van der Waals surface area (Å²) in [5.41, 5.74) is 2.72. The lowest BCUT2D eigenvalue weighted by Crippen LogP contribution is -2.22. The van der Waals surface area contributed by atoms with Gasteiger partial charge in [-0.25, -0.2) is 4.39 Å². The van der Waals surface area contributed by atoms with Gasteiger partial charge < -0.3 is 10.4 Å². The largest absolute Gasteiger partial charge is 0.388 e. The number of carbonyl (C=O) groups is 1.